The van der Waals surface area contributed by atoms with Crippen LogP contribution in [-0.4, -0.2) is 5.75 Å². The fourth-order valence-corrected chi connectivity index (χ4v) is 1.58. The average Bonchev–Trinajstić information content (AvgIpc) is 2.15. The standard InChI is InChI=1S/C10H10ClF3S/c11-9-4-3-8(10(12,13)14)6-7(9)2-1-5-15/h3-4,6,15H,1-2,5H2. The summed E-state index contributed by atoms with van der Waals surface area (Å²) in [5.41, 5.74) is -0.124. The molecule has 0 aliphatic rings. The second kappa shape index (κ2) is 5.12. The van der Waals surface area contributed by atoms with Crippen LogP contribution in [0.5, 0.6) is 0 Å². The molecule has 5 heteroatoms. The monoisotopic (exact) mass is 254 g/mol. The Morgan fingerprint density at radius 2 is 1.93 bits per heavy atom. The minimum atomic E-state index is -4.31. The lowest BCUT2D eigenvalue weighted by Crippen LogP contribution is -2.05. The highest BCUT2D eigenvalue weighted by atomic mass is 35.5. The van der Waals surface area contributed by atoms with Crippen molar-refractivity contribution in [3.8, 4) is 0 Å². The van der Waals surface area contributed by atoms with Crippen molar-refractivity contribution in [2.24, 2.45) is 0 Å². The highest BCUT2D eigenvalue weighted by Gasteiger charge is 2.30. The number of rotatable bonds is 3. The van der Waals surface area contributed by atoms with Crippen LogP contribution in [0, 0.1) is 0 Å². The second-order valence-corrected chi connectivity index (χ2v) is 3.99. The lowest BCUT2D eigenvalue weighted by molar-refractivity contribution is -0.137. The third kappa shape index (κ3) is 3.61. The van der Waals surface area contributed by atoms with Crippen molar-refractivity contribution < 1.29 is 13.2 Å². The molecule has 84 valence electrons. The molecule has 0 heterocycles. The van der Waals surface area contributed by atoms with Crippen molar-refractivity contribution in [3.05, 3.63) is 34.3 Å². The van der Waals surface area contributed by atoms with E-state index in [0.717, 1.165) is 12.1 Å². The first kappa shape index (κ1) is 12.7. The number of alkyl halides is 3. The molecule has 0 atom stereocenters. The first-order valence-corrected chi connectivity index (χ1v) is 5.42. The van der Waals surface area contributed by atoms with Gasteiger partial charge in [0.2, 0.25) is 0 Å². The van der Waals surface area contributed by atoms with E-state index in [4.69, 9.17) is 11.6 Å². The summed E-state index contributed by atoms with van der Waals surface area (Å²) in [4.78, 5) is 0. The van der Waals surface area contributed by atoms with Crippen LogP contribution < -0.4 is 0 Å². The summed E-state index contributed by atoms with van der Waals surface area (Å²) < 4.78 is 37.1. The molecule has 0 nitrogen and oxygen atoms in total. The maximum absolute atomic E-state index is 12.4. The van der Waals surface area contributed by atoms with Gasteiger partial charge in [0, 0.05) is 5.02 Å². The van der Waals surface area contributed by atoms with Gasteiger partial charge < -0.3 is 0 Å². The van der Waals surface area contributed by atoms with Gasteiger partial charge in [-0.25, -0.2) is 0 Å². The summed E-state index contributed by atoms with van der Waals surface area (Å²) >= 11 is 9.79. The van der Waals surface area contributed by atoms with Crippen LogP contribution in [-0.2, 0) is 12.6 Å². The molecular weight excluding hydrogens is 245 g/mol. The summed E-state index contributed by atoms with van der Waals surface area (Å²) in [6.45, 7) is 0. The summed E-state index contributed by atoms with van der Waals surface area (Å²) in [7, 11) is 0. The molecule has 0 bridgehead atoms. The van der Waals surface area contributed by atoms with Gasteiger partial charge in [-0.05, 0) is 42.4 Å². The second-order valence-electron chi connectivity index (χ2n) is 3.13. The van der Waals surface area contributed by atoms with Gasteiger partial charge in [-0.3, -0.25) is 0 Å². The number of aryl methyl sites for hydroxylation is 1. The minimum Gasteiger partial charge on any atom is -0.179 e. The van der Waals surface area contributed by atoms with Crippen LogP contribution in [0.25, 0.3) is 0 Å². The van der Waals surface area contributed by atoms with Gasteiger partial charge >= 0.3 is 6.18 Å². The molecule has 0 saturated heterocycles. The molecule has 0 radical (unpaired) electrons. The van der Waals surface area contributed by atoms with E-state index in [9.17, 15) is 13.2 Å². The zero-order valence-corrected chi connectivity index (χ0v) is 9.46. The molecule has 1 rings (SSSR count). The minimum absolute atomic E-state index is 0.379. The van der Waals surface area contributed by atoms with Gasteiger partial charge in [-0.15, -0.1) is 0 Å². The molecule has 0 unspecified atom stereocenters. The molecule has 0 amide bonds. The summed E-state index contributed by atoms with van der Waals surface area (Å²) in [6.07, 6.45) is -3.07. The Morgan fingerprint density at radius 1 is 1.27 bits per heavy atom. The molecule has 1 aromatic rings. The predicted molar refractivity (Wildman–Crippen MR) is 58.6 cm³/mol. The quantitative estimate of drug-likeness (QED) is 0.767. The number of halogens is 4. The molecule has 0 fully saturated rings. The highest BCUT2D eigenvalue weighted by molar-refractivity contribution is 7.80. The zero-order valence-electron chi connectivity index (χ0n) is 7.81. The van der Waals surface area contributed by atoms with E-state index < -0.39 is 11.7 Å². The Kier molecular flexibility index (Phi) is 4.34. The van der Waals surface area contributed by atoms with Gasteiger partial charge in [0.15, 0.2) is 0 Å². The largest absolute Gasteiger partial charge is 0.416 e. The molecular formula is C10H10ClF3S. The highest BCUT2D eigenvalue weighted by Crippen LogP contribution is 2.32. The van der Waals surface area contributed by atoms with Gasteiger partial charge in [-0.1, -0.05) is 11.6 Å². The van der Waals surface area contributed by atoms with E-state index >= 15 is 0 Å². The van der Waals surface area contributed by atoms with Crippen LogP contribution in [0.1, 0.15) is 17.5 Å². The molecule has 15 heavy (non-hydrogen) atoms. The van der Waals surface area contributed by atoms with Crippen molar-refractivity contribution in [2.75, 3.05) is 5.75 Å². The number of hydrogen-bond donors (Lipinski definition) is 1. The summed E-state index contributed by atoms with van der Waals surface area (Å²) in [5, 5.41) is 0.379. The van der Waals surface area contributed by atoms with Crippen molar-refractivity contribution in [1.29, 1.82) is 0 Å². The smallest absolute Gasteiger partial charge is 0.179 e. The fraction of sp³-hybridized carbons (Fsp3) is 0.400. The lowest BCUT2D eigenvalue weighted by atomic mass is 10.1. The Labute approximate surface area is 96.8 Å². The van der Waals surface area contributed by atoms with E-state index in [-0.39, 0.29) is 0 Å². The third-order valence-electron chi connectivity index (χ3n) is 1.98. The number of thiol groups is 1. The summed E-state index contributed by atoms with van der Waals surface area (Å²) in [5.74, 6) is 0.632. The van der Waals surface area contributed by atoms with E-state index in [0.29, 0.717) is 29.2 Å². The predicted octanol–water partition coefficient (Wildman–Crippen LogP) is 4.22. The van der Waals surface area contributed by atoms with Crippen LogP contribution in [0.4, 0.5) is 13.2 Å². The SMILES string of the molecule is FC(F)(F)c1ccc(Cl)c(CCCS)c1. The van der Waals surface area contributed by atoms with E-state index in [2.05, 4.69) is 12.6 Å². The van der Waals surface area contributed by atoms with Gasteiger partial charge in [0.25, 0.3) is 0 Å². The van der Waals surface area contributed by atoms with Gasteiger partial charge in [-0.2, -0.15) is 25.8 Å². The van der Waals surface area contributed by atoms with Crippen molar-refractivity contribution >= 4 is 24.2 Å². The van der Waals surface area contributed by atoms with Crippen molar-refractivity contribution in [2.45, 2.75) is 19.0 Å². The van der Waals surface area contributed by atoms with Crippen molar-refractivity contribution in [1.82, 2.24) is 0 Å². The Bertz CT molecular complexity index is 336. The zero-order chi connectivity index (χ0) is 11.5. The van der Waals surface area contributed by atoms with Crippen LogP contribution >= 0.6 is 24.2 Å². The van der Waals surface area contributed by atoms with Crippen LogP contribution in [0.2, 0.25) is 5.02 Å². The first-order valence-electron chi connectivity index (χ1n) is 4.41. The summed E-state index contributed by atoms with van der Waals surface area (Å²) in [6, 6.07) is 3.39. The lowest BCUT2D eigenvalue weighted by Gasteiger charge is -2.09. The molecule has 0 spiro atoms. The van der Waals surface area contributed by atoms with Gasteiger partial charge in [0.1, 0.15) is 0 Å². The van der Waals surface area contributed by atoms with E-state index in [1.807, 2.05) is 0 Å². The molecule has 0 saturated carbocycles. The van der Waals surface area contributed by atoms with E-state index in [1.165, 1.54) is 6.07 Å². The average molecular weight is 255 g/mol. The van der Waals surface area contributed by atoms with Crippen molar-refractivity contribution in [3.63, 3.8) is 0 Å². The molecule has 0 aliphatic heterocycles. The molecule has 0 aromatic heterocycles. The Morgan fingerprint density at radius 3 is 2.47 bits per heavy atom. The number of benzene rings is 1. The van der Waals surface area contributed by atoms with Gasteiger partial charge in [0.05, 0.1) is 5.56 Å². The Hall–Kier alpha value is -0.350. The molecule has 1 aromatic carbocycles. The van der Waals surface area contributed by atoms with Crippen LogP contribution in [0.15, 0.2) is 18.2 Å². The van der Waals surface area contributed by atoms with E-state index in [1.54, 1.807) is 0 Å². The molecule has 0 N–H and O–H groups in total. The maximum atomic E-state index is 12.4. The molecule has 0 aliphatic carbocycles. The maximum Gasteiger partial charge on any atom is 0.416 e. The number of hydrogen-bond acceptors (Lipinski definition) is 1. The topological polar surface area (TPSA) is 0 Å². The third-order valence-corrected chi connectivity index (χ3v) is 2.66. The fourth-order valence-electron chi connectivity index (χ4n) is 1.21. The first-order chi connectivity index (χ1) is 6.95. The normalized spacial score (nSPS) is 11.8. The Balaban J connectivity index is 2.95. The van der Waals surface area contributed by atoms with Crippen LogP contribution in [0.3, 0.4) is 0 Å².